The van der Waals surface area contributed by atoms with E-state index in [1.54, 1.807) is 11.3 Å². The van der Waals surface area contributed by atoms with Crippen LogP contribution in [0, 0.1) is 10.7 Å². The molecule has 3 nitrogen and oxygen atoms in total. The van der Waals surface area contributed by atoms with E-state index in [4.69, 9.17) is 12.2 Å². The quantitative estimate of drug-likeness (QED) is 0.532. The first-order chi connectivity index (χ1) is 9.68. The molecular weight excluding hydrogens is 286 g/mol. The number of H-pyrrole nitrogens is 1. The van der Waals surface area contributed by atoms with Gasteiger partial charge >= 0.3 is 0 Å². The minimum atomic E-state index is 0.732. The Labute approximate surface area is 130 Å². The molecule has 5 heteroatoms. The van der Waals surface area contributed by atoms with E-state index in [0.717, 1.165) is 23.1 Å². The van der Waals surface area contributed by atoms with E-state index in [1.807, 2.05) is 6.07 Å². The van der Waals surface area contributed by atoms with E-state index < -0.39 is 0 Å². The van der Waals surface area contributed by atoms with Gasteiger partial charge in [-0.1, -0.05) is 45.6 Å². The molecule has 0 unspecified atom stereocenters. The van der Waals surface area contributed by atoms with Gasteiger partial charge in [0.25, 0.3) is 0 Å². The van der Waals surface area contributed by atoms with Crippen molar-refractivity contribution < 1.29 is 0 Å². The van der Waals surface area contributed by atoms with Crippen LogP contribution in [0.5, 0.6) is 0 Å². The number of hydrogen-bond donors (Lipinski definition) is 1. The number of nitrogens with one attached hydrogen (secondary N) is 1. The van der Waals surface area contributed by atoms with Gasteiger partial charge in [-0.2, -0.15) is 5.10 Å². The summed E-state index contributed by atoms with van der Waals surface area (Å²) < 4.78 is 2.86. The van der Waals surface area contributed by atoms with Crippen molar-refractivity contribution >= 4 is 23.6 Å². The lowest BCUT2D eigenvalue weighted by Gasteiger charge is -2.06. The highest BCUT2D eigenvalue weighted by atomic mass is 32.1. The van der Waals surface area contributed by atoms with Crippen molar-refractivity contribution in [2.45, 2.75) is 52.5 Å². The molecule has 110 valence electrons. The van der Waals surface area contributed by atoms with Gasteiger partial charge in [0.1, 0.15) is 0 Å². The molecule has 0 saturated heterocycles. The van der Waals surface area contributed by atoms with Crippen LogP contribution in [0.2, 0.25) is 0 Å². The van der Waals surface area contributed by atoms with Crippen LogP contribution in [0.4, 0.5) is 0 Å². The molecule has 0 spiro atoms. The maximum absolute atomic E-state index is 5.33. The van der Waals surface area contributed by atoms with Gasteiger partial charge in [-0.15, -0.1) is 11.3 Å². The molecule has 0 aliphatic rings. The van der Waals surface area contributed by atoms with Crippen molar-refractivity contribution in [1.29, 1.82) is 0 Å². The summed E-state index contributed by atoms with van der Waals surface area (Å²) in [4.78, 5) is 1.18. The molecule has 0 atom stereocenters. The average molecular weight is 310 g/mol. The number of rotatable bonds is 8. The molecule has 0 radical (unpaired) electrons. The minimum Gasteiger partial charge on any atom is -0.299 e. The van der Waals surface area contributed by atoms with Crippen molar-refractivity contribution in [3.8, 4) is 10.7 Å². The average Bonchev–Trinajstić information content (AvgIpc) is 3.03. The molecular formula is C15H23N3S2. The van der Waals surface area contributed by atoms with Crippen molar-refractivity contribution in [2.75, 3.05) is 0 Å². The third kappa shape index (κ3) is 4.28. The van der Waals surface area contributed by atoms with Crippen LogP contribution in [0.25, 0.3) is 10.7 Å². The number of aromatic nitrogens is 3. The summed E-state index contributed by atoms with van der Waals surface area (Å²) in [5, 5.41) is 9.34. The molecule has 0 aromatic carbocycles. The Hall–Kier alpha value is -0.940. The Bertz CT molecular complexity index is 552. The summed E-state index contributed by atoms with van der Waals surface area (Å²) in [5.74, 6) is 1.80. The van der Waals surface area contributed by atoms with Crippen molar-refractivity contribution in [3.05, 3.63) is 22.3 Å². The number of hydrogen-bond acceptors (Lipinski definition) is 3. The van der Waals surface area contributed by atoms with E-state index in [0.29, 0.717) is 0 Å². The summed E-state index contributed by atoms with van der Waals surface area (Å²) in [6, 6.07) is 4.14. The van der Waals surface area contributed by atoms with E-state index >= 15 is 0 Å². The normalized spacial score (nSPS) is 11.3. The third-order valence-corrected chi connectivity index (χ3v) is 4.59. The molecule has 20 heavy (non-hydrogen) atoms. The smallest absolute Gasteiger partial charge is 0.195 e. The number of aromatic amines is 1. The van der Waals surface area contributed by atoms with E-state index in [2.05, 4.69) is 40.1 Å². The number of thiophene rings is 1. The van der Waals surface area contributed by atoms with Crippen LogP contribution in [-0.4, -0.2) is 14.8 Å². The van der Waals surface area contributed by atoms with Gasteiger partial charge in [-0.25, -0.2) is 0 Å². The van der Waals surface area contributed by atoms with Crippen LogP contribution in [0.3, 0.4) is 0 Å². The monoisotopic (exact) mass is 309 g/mol. The molecule has 0 saturated carbocycles. The molecule has 0 fully saturated rings. The Morgan fingerprint density at radius 2 is 2.10 bits per heavy atom. The Morgan fingerprint density at radius 1 is 1.30 bits per heavy atom. The zero-order valence-corrected chi connectivity index (χ0v) is 13.9. The number of nitrogens with zero attached hydrogens (tertiary/aromatic N) is 2. The maximum Gasteiger partial charge on any atom is 0.195 e. The highest BCUT2D eigenvalue weighted by molar-refractivity contribution is 7.71. The van der Waals surface area contributed by atoms with Crippen molar-refractivity contribution in [3.63, 3.8) is 0 Å². The predicted molar refractivity (Wildman–Crippen MR) is 88.6 cm³/mol. The van der Waals surface area contributed by atoms with Crippen molar-refractivity contribution in [2.24, 2.45) is 5.92 Å². The molecule has 2 heterocycles. The second-order valence-corrected chi connectivity index (χ2v) is 6.91. The van der Waals surface area contributed by atoms with Gasteiger partial charge in [-0.05, 0) is 36.0 Å². The maximum atomic E-state index is 5.33. The highest BCUT2D eigenvalue weighted by Gasteiger charge is 2.09. The summed E-state index contributed by atoms with van der Waals surface area (Å²) >= 11 is 7.04. The summed E-state index contributed by atoms with van der Waals surface area (Å²) in [6.45, 7) is 5.54. The van der Waals surface area contributed by atoms with Crippen molar-refractivity contribution in [1.82, 2.24) is 14.8 Å². The predicted octanol–water partition coefficient (Wildman–Crippen LogP) is 5.28. The van der Waals surface area contributed by atoms with Crippen LogP contribution >= 0.6 is 23.6 Å². The lowest BCUT2D eigenvalue weighted by molar-refractivity contribution is 0.505. The topological polar surface area (TPSA) is 33.6 Å². The summed E-state index contributed by atoms with van der Waals surface area (Å²) in [6.07, 6.45) is 6.43. The zero-order valence-electron chi connectivity index (χ0n) is 12.3. The largest absolute Gasteiger partial charge is 0.299 e. The molecule has 2 aromatic rings. The van der Waals surface area contributed by atoms with E-state index in [1.165, 1.54) is 37.0 Å². The second-order valence-electron chi connectivity index (χ2n) is 5.58. The van der Waals surface area contributed by atoms with E-state index in [-0.39, 0.29) is 0 Å². The molecule has 0 aliphatic carbocycles. The number of unbranched alkanes of at least 4 members (excludes halogenated alkanes) is 3. The molecule has 1 N–H and O–H groups in total. The molecule has 2 rings (SSSR count). The Balaban J connectivity index is 1.84. The molecule has 0 aliphatic heterocycles. The minimum absolute atomic E-state index is 0.732. The first-order valence-electron chi connectivity index (χ1n) is 7.37. The van der Waals surface area contributed by atoms with Crippen LogP contribution in [0.1, 0.15) is 46.0 Å². The third-order valence-electron chi connectivity index (χ3n) is 3.41. The molecule has 0 amide bonds. The van der Waals surface area contributed by atoms with Gasteiger partial charge in [0.15, 0.2) is 10.6 Å². The standard InChI is InChI=1S/C15H23N3S2/c1-12(2)8-5-3-4-6-10-18-14(16-17-15(18)19)13-9-7-11-20-13/h7,9,11-12H,3-6,8,10H2,1-2H3,(H,17,19). The van der Waals surface area contributed by atoms with Gasteiger partial charge in [0.2, 0.25) is 0 Å². The lowest BCUT2D eigenvalue weighted by Crippen LogP contribution is -2.00. The fourth-order valence-electron chi connectivity index (χ4n) is 2.30. The summed E-state index contributed by atoms with van der Waals surface area (Å²) in [7, 11) is 0. The fraction of sp³-hybridized carbons (Fsp3) is 0.600. The zero-order chi connectivity index (χ0) is 14.4. The van der Waals surface area contributed by atoms with Crippen LogP contribution in [0.15, 0.2) is 17.5 Å². The Morgan fingerprint density at radius 3 is 2.80 bits per heavy atom. The first-order valence-corrected chi connectivity index (χ1v) is 8.66. The fourth-order valence-corrected chi connectivity index (χ4v) is 3.24. The van der Waals surface area contributed by atoms with Crippen LogP contribution in [-0.2, 0) is 6.54 Å². The van der Waals surface area contributed by atoms with Crippen LogP contribution < -0.4 is 0 Å². The Kier molecular flexibility index (Phi) is 5.98. The van der Waals surface area contributed by atoms with Gasteiger partial charge in [0.05, 0.1) is 4.88 Å². The van der Waals surface area contributed by atoms with Gasteiger partial charge in [-0.3, -0.25) is 9.67 Å². The highest BCUT2D eigenvalue weighted by Crippen LogP contribution is 2.23. The van der Waals surface area contributed by atoms with Gasteiger partial charge in [0, 0.05) is 6.54 Å². The van der Waals surface area contributed by atoms with Gasteiger partial charge < -0.3 is 0 Å². The SMILES string of the molecule is CC(C)CCCCCCn1c(-c2cccs2)n[nH]c1=S. The summed E-state index contributed by atoms with van der Waals surface area (Å²) in [5.41, 5.74) is 0. The first kappa shape index (κ1) is 15.4. The second kappa shape index (κ2) is 7.74. The lowest BCUT2D eigenvalue weighted by atomic mass is 10.0. The van der Waals surface area contributed by atoms with E-state index in [9.17, 15) is 0 Å². The molecule has 2 aromatic heterocycles. The molecule has 0 bridgehead atoms.